The summed E-state index contributed by atoms with van der Waals surface area (Å²) in [7, 11) is 0. The van der Waals surface area contributed by atoms with E-state index in [0.29, 0.717) is 23.2 Å². The first-order valence-electron chi connectivity index (χ1n) is 12.4. The molecular weight excluding hydrogens is 501 g/mol. The van der Waals surface area contributed by atoms with Gasteiger partial charge in [0.15, 0.2) is 0 Å². The number of nitrogens with zero attached hydrogens (tertiary/aromatic N) is 1. The number of benzene rings is 1. The maximum Gasteiger partial charge on any atom is 0.418 e. The first-order valence-corrected chi connectivity index (χ1v) is 12.4. The van der Waals surface area contributed by atoms with Gasteiger partial charge in [-0.3, -0.25) is 14.6 Å². The van der Waals surface area contributed by atoms with Crippen LogP contribution in [0.15, 0.2) is 42.7 Å². The summed E-state index contributed by atoms with van der Waals surface area (Å²) in [6, 6.07) is 6.20. The number of aryl methyl sites for hydroxylation is 1. The average Bonchev–Trinajstić information content (AvgIpc) is 3.24. The minimum Gasteiger partial charge on any atom is -0.479 e. The van der Waals surface area contributed by atoms with Gasteiger partial charge < -0.3 is 20.7 Å². The number of rotatable bonds is 8. The van der Waals surface area contributed by atoms with Crippen molar-refractivity contribution >= 4 is 28.7 Å². The highest BCUT2D eigenvalue weighted by molar-refractivity contribution is 5.94. The zero-order valence-electron chi connectivity index (χ0n) is 21.0. The van der Waals surface area contributed by atoms with E-state index in [1.165, 1.54) is 12.1 Å². The Bertz CT molecular complexity index is 1360. The van der Waals surface area contributed by atoms with Crippen molar-refractivity contribution in [3.63, 3.8) is 0 Å². The largest absolute Gasteiger partial charge is 0.479 e. The van der Waals surface area contributed by atoms with Crippen LogP contribution in [0.2, 0.25) is 0 Å². The highest BCUT2D eigenvalue weighted by atomic mass is 19.4. The first-order chi connectivity index (χ1) is 17.9. The molecule has 11 heteroatoms. The zero-order chi connectivity index (χ0) is 27.7. The van der Waals surface area contributed by atoms with E-state index in [-0.39, 0.29) is 42.5 Å². The summed E-state index contributed by atoms with van der Waals surface area (Å²) in [6.07, 6.45) is -1.00. The molecule has 4 N–H and O–H groups in total. The van der Waals surface area contributed by atoms with Crippen LogP contribution < -0.4 is 10.6 Å². The molecule has 0 radical (unpaired) electrons. The molecule has 1 aromatic carbocycles. The van der Waals surface area contributed by atoms with E-state index in [1.807, 2.05) is 6.92 Å². The number of fused-ring (bicyclic) bond motifs is 3. The predicted molar refractivity (Wildman–Crippen MR) is 133 cm³/mol. The van der Waals surface area contributed by atoms with Crippen LogP contribution in [-0.4, -0.2) is 44.4 Å². The highest BCUT2D eigenvalue weighted by Crippen LogP contribution is 2.40. The van der Waals surface area contributed by atoms with Gasteiger partial charge in [0.1, 0.15) is 11.6 Å². The maximum atomic E-state index is 13.6. The second-order valence-electron chi connectivity index (χ2n) is 9.83. The van der Waals surface area contributed by atoms with Crippen molar-refractivity contribution in [2.75, 3.05) is 0 Å². The predicted octanol–water partition coefficient (Wildman–Crippen LogP) is 3.78. The molecule has 0 saturated heterocycles. The van der Waals surface area contributed by atoms with Gasteiger partial charge >= 0.3 is 12.1 Å². The third kappa shape index (κ3) is 5.36. The van der Waals surface area contributed by atoms with Gasteiger partial charge in [-0.25, -0.2) is 4.79 Å². The Balaban J connectivity index is 1.60. The van der Waals surface area contributed by atoms with Crippen LogP contribution in [0.5, 0.6) is 0 Å². The quantitative estimate of drug-likeness (QED) is 0.353. The molecule has 2 amide bonds. The number of carboxylic acid groups (broad SMARTS) is 1. The third-order valence-electron chi connectivity index (χ3n) is 7.29. The lowest BCUT2D eigenvalue weighted by Gasteiger charge is -2.36. The van der Waals surface area contributed by atoms with Crippen LogP contribution in [-0.2, 0) is 39.8 Å². The van der Waals surface area contributed by atoms with Gasteiger partial charge in [0.25, 0.3) is 0 Å². The van der Waals surface area contributed by atoms with Crippen molar-refractivity contribution < 1.29 is 32.7 Å². The first kappa shape index (κ1) is 27.2. The van der Waals surface area contributed by atoms with Crippen molar-refractivity contribution in [3.8, 4) is 0 Å². The molecule has 1 unspecified atom stereocenters. The molecule has 0 bridgehead atoms. The smallest absolute Gasteiger partial charge is 0.418 e. The summed E-state index contributed by atoms with van der Waals surface area (Å²) >= 11 is 0. The van der Waals surface area contributed by atoms with Crippen molar-refractivity contribution in [1.82, 2.24) is 20.6 Å². The number of halogens is 3. The number of carboxylic acids is 1. The van der Waals surface area contributed by atoms with E-state index in [0.717, 1.165) is 6.07 Å². The number of para-hydroxylation sites is 1. The third-order valence-corrected chi connectivity index (χ3v) is 7.29. The number of amides is 2. The van der Waals surface area contributed by atoms with Gasteiger partial charge in [-0.1, -0.05) is 38.5 Å². The number of aromatic nitrogens is 2. The minimum absolute atomic E-state index is 0.00162. The standard InChI is InChI=1S/C27H29F3N4O4/c1-3-15(2)22(33-21(35)12-16-6-5-11-31-14-16)24(36)34-26(25(37)38)10-9-20-18(13-26)17-7-4-8-19(23(17)32-20)27(28,29)30/h4-8,11,14-15,22,32H,3,9-10,12-13H2,1-2H3,(H,33,35)(H,34,36)(H,37,38)/t15?,22-,26+/m0/s1. The Kier molecular flexibility index (Phi) is 7.48. The van der Waals surface area contributed by atoms with Crippen LogP contribution >= 0.6 is 0 Å². The zero-order valence-corrected chi connectivity index (χ0v) is 21.0. The van der Waals surface area contributed by atoms with Crippen molar-refractivity contribution in [3.05, 3.63) is 65.1 Å². The molecular formula is C27H29F3N4O4. The Labute approximate surface area is 217 Å². The van der Waals surface area contributed by atoms with Crippen LogP contribution in [0.25, 0.3) is 10.9 Å². The van der Waals surface area contributed by atoms with Gasteiger partial charge in [0.2, 0.25) is 11.8 Å². The summed E-state index contributed by atoms with van der Waals surface area (Å²) in [5.41, 5.74) is -1.06. The van der Waals surface area contributed by atoms with Crippen LogP contribution in [0, 0.1) is 5.92 Å². The summed E-state index contributed by atoms with van der Waals surface area (Å²) < 4.78 is 40.7. The lowest BCUT2D eigenvalue weighted by Crippen LogP contribution is -2.62. The molecule has 202 valence electrons. The van der Waals surface area contributed by atoms with E-state index in [1.54, 1.807) is 31.5 Å². The molecule has 3 aromatic rings. The van der Waals surface area contributed by atoms with Crippen molar-refractivity contribution in [2.45, 2.75) is 63.7 Å². The van der Waals surface area contributed by atoms with Gasteiger partial charge in [-0.15, -0.1) is 0 Å². The van der Waals surface area contributed by atoms with E-state index in [2.05, 4.69) is 20.6 Å². The van der Waals surface area contributed by atoms with Crippen molar-refractivity contribution in [2.24, 2.45) is 5.92 Å². The van der Waals surface area contributed by atoms with Gasteiger partial charge in [-0.2, -0.15) is 13.2 Å². The SMILES string of the molecule is CCC(C)[C@H](NC(=O)Cc1cccnc1)C(=O)N[C@]1(C(=O)O)CCc2[nH]c3c(C(F)(F)F)cccc3c2C1. The van der Waals surface area contributed by atoms with E-state index in [9.17, 15) is 32.7 Å². The lowest BCUT2D eigenvalue weighted by molar-refractivity contribution is -0.149. The lowest BCUT2D eigenvalue weighted by atomic mass is 9.79. The molecule has 2 heterocycles. The molecule has 8 nitrogen and oxygen atoms in total. The number of carbonyl (C=O) groups is 3. The number of hydrogen-bond donors (Lipinski definition) is 4. The Morgan fingerprint density at radius 1 is 1.21 bits per heavy atom. The molecule has 3 atom stereocenters. The Hall–Kier alpha value is -3.89. The van der Waals surface area contributed by atoms with Crippen LogP contribution in [0.4, 0.5) is 13.2 Å². The van der Waals surface area contributed by atoms with Gasteiger partial charge in [-0.05, 0) is 42.0 Å². The number of H-pyrrole nitrogens is 1. The Morgan fingerprint density at radius 2 is 1.97 bits per heavy atom. The summed E-state index contributed by atoms with van der Waals surface area (Å²) in [5, 5.41) is 15.9. The number of pyridine rings is 1. The maximum absolute atomic E-state index is 13.6. The second kappa shape index (κ2) is 10.5. The summed E-state index contributed by atoms with van der Waals surface area (Å²) in [5.74, 6) is -2.66. The number of hydrogen-bond acceptors (Lipinski definition) is 4. The number of aromatic amines is 1. The average molecular weight is 531 g/mol. The fraction of sp³-hybridized carbons (Fsp3) is 0.407. The molecule has 0 spiro atoms. The number of carbonyl (C=O) groups excluding carboxylic acids is 2. The molecule has 1 aliphatic carbocycles. The monoisotopic (exact) mass is 530 g/mol. The Morgan fingerprint density at radius 3 is 2.61 bits per heavy atom. The van der Waals surface area contributed by atoms with Gasteiger partial charge in [0.05, 0.1) is 17.5 Å². The van der Waals surface area contributed by atoms with E-state index >= 15 is 0 Å². The molecule has 2 aromatic heterocycles. The fourth-order valence-corrected chi connectivity index (χ4v) is 4.98. The second-order valence-corrected chi connectivity index (χ2v) is 9.83. The number of alkyl halides is 3. The molecule has 1 aliphatic rings. The highest BCUT2D eigenvalue weighted by Gasteiger charge is 2.46. The topological polar surface area (TPSA) is 124 Å². The molecule has 4 rings (SSSR count). The van der Waals surface area contributed by atoms with Gasteiger partial charge in [0, 0.05) is 29.9 Å². The summed E-state index contributed by atoms with van der Waals surface area (Å²) in [6.45, 7) is 3.63. The number of aliphatic carboxylic acids is 1. The molecule has 0 aliphatic heterocycles. The molecule has 0 saturated carbocycles. The van der Waals surface area contributed by atoms with E-state index < -0.39 is 41.1 Å². The molecule has 38 heavy (non-hydrogen) atoms. The van der Waals surface area contributed by atoms with E-state index in [4.69, 9.17) is 0 Å². The summed E-state index contributed by atoms with van der Waals surface area (Å²) in [4.78, 5) is 45.5. The van der Waals surface area contributed by atoms with Crippen LogP contribution in [0.1, 0.15) is 49.1 Å². The fourth-order valence-electron chi connectivity index (χ4n) is 4.98. The van der Waals surface area contributed by atoms with Crippen molar-refractivity contribution in [1.29, 1.82) is 0 Å². The molecule has 0 fully saturated rings. The minimum atomic E-state index is -4.58. The normalized spacial score (nSPS) is 18.9. The number of nitrogens with one attached hydrogen (secondary N) is 3. The van der Waals surface area contributed by atoms with Crippen LogP contribution in [0.3, 0.4) is 0 Å².